The van der Waals surface area contributed by atoms with E-state index in [-0.39, 0.29) is 5.91 Å². The monoisotopic (exact) mass is 233 g/mol. The highest BCUT2D eigenvalue weighted by Gasteiger charge is 2.12. The van der Waals surface area contributed by atoms with Gasteiger partial charge in [-0.25, -0.2) is 4.98 Å². The Hall–Kier alpha value is -1.58. The summed E-state index contributed by atoms with van der Waals surface area (Å²) < 4.78 is 0. The molecule has 1 N–H and O–H groups in total. The van der Waals surface area contributed by atoms with Crippen molar-refractivity contribution in [2.75, 3.05) is 24.5 Å². The number of pyridine rings is 1. The predicted octanol–water partition coefficient (Wildman–Crippen LogP) is 1.82. The fraction of sp³-hybridized carbons (Fsp3) is 0.538. The van der Waals surface area contributed by atoms with Gasteiger partial charge in [-0.3, -0.25) is 4.79 Å². The number of hydrogen-bond donors (Lipinski definition) is 1. The lowest BCUT2D eigenvalue weighted by Gasteiger charge is -2.28. The topological polar surface area (TPSA) is 45.2 Å². The largest absolute Gasteiger partial charge is 0.370 e. The molecule has 2 rings (SSSR count). The molecule has 0 aromatic carbocycles. The molecule has 1 aromatic rings. The summed E-state index contributed by atoms with van der Waals surface area (Å²) in [6, 6.07) is 3.79. The Labute approximate surface area is 102 Å². The summed E-state index contributed by atoms with van der Waals surface area (Å²) in [6.45, 7) is 4.73. The smallest absolute Gasteiger partial charge is 0.269 e. The van der Waals surface area contributed by atoms with E-state index in [2.05, 4.69) is 15.2 Å². The van der Waals surface area contributed by atoms with Crippen molar-refractivity contribution < 1.29 is 4.79 Å². The third-order valence-corrected chi connectivity index (χ3v) is 3.04. The van der Waals surface area contributed by atoms with Gasteiger partial charge in [-0.05, 0) is 38.3 Å². The second-order valence-corrected chi connectivity index (χ2v) is 4.31. The molecular weight excluding hydrogens is 214 g/mol. The molecule has 1 amide bonds. The van der Waals surface area contributed by atoms with Crippen LogP contribution < -0.4 is 10.2 Å². The van der Waals surface area contributed by atoms with Gasteiger partial charge >= 0.3 is 0 Å². The van der Waals surface area contributed by atoms with Gasteiger partial charge in [-0.1, -0.05) is 0 Å². The van der Waals surface area contributed by atoms with Crippen LogP contribution in [0.25, 0.3) is 0 Å². The molecule has 1 saturated heterocycles. The van der Waals surface area contributed by atoms with Crippen molar-refractivity contribution in [2.45, 2.75) is 26.2 Å². The lowest BCUT2D eigenvalue weighted by atomic mass is 10.1. The van der Waals surface area contributed by atoms with Crippen LogP contribution in [0.15, 0.2) is 18.3 Å². The highest BCUT2D eigenvalue weighted by Crippen LogP contribution is 2.18. The van der Waals surface area contributed by atoms with E-state index >= 15 is 0 Å². The van der Waals surface area contributed by atoms with E-state index in [4.69, 9.17) is 0 Å². The van der Waals surface area contributed by atoms with Gasteiger partial charge < -0.3 is 10.2 Å². The maximum absolute atomic E-state index is 11.5. The Morgan fingerprint density at radius 1 is 1.35 bits per heavy atom. The number of aromatic nitrogens is 1. The summed E-state index contributed by atoms with van der Waals surface area (Å²) in [5.41, 5.74) is 1.62. The first-order valence-corrected chi connectivity index (χ1v) is 6.30. The zero-order valence-corrected chi connectivity index (χ0v) is 10.3. The lowest BCUT2D eigenvalue weighted by Crippen LogP contribution is -2.29. The molecule has 17 heavy (non-hydrogen) atoms. The van der Waals surface area contributed by atoms with Crippen molar-refractivity contribution in [1.29, 1.82) is 0 Å². The van der Waals surface area contributed by atoms with Gasteiger partial charge in [0.15, 0.2) is 0 Å². The average molecular weight is 233 g/mol. The Balaban J connectivity index is 2.04. The van der Waals surface area contributed by atoms with E-state index in [1.54, 1.807) is 12.3 Å². The van der Waals surface area contributed by atoms with Gasteiger partial charge in [-0.15, -0.1) is 0 Å². The van der Waals surface area contributed by atoms with E-state index in [0.717, 1.165) is 18.8 Å². The first-order chi connectivity index (χ1) is 8.31. The summed E-state index contributed by atoms with van der Waals surface area (Å²) in [4.78, 5) is 18.1. The van der Waals surface area contributed by atoms with Crippen molar-refractivity contribution in [3.63, 3.8) is 0 Å². The number of hydrogen-bond acceptors (Lipinski definition) is 3. The molecule has 1 aromatic heterocycles. The molecule has 0 spiro atoms. The quantitative estimate of drug-likeness (QED) is 0.866. The molecule has 0 atom stereocenters. The van der Waals surface area contributed by atoms with Crippen molar-refractivity contribution in [3.05, 3.63) is 24.0 Å². The Morgan fingerprint density at radius 2 is 2.12 bits per heavy atom. The van der Waals surface area contributed by atoms with Gasteiger partial charge in [0, 0.05) is 19.6 Å². The predicted molar refractivity (Wildman–Crippen MR) is 68.3 cm³/mol. The van der Waals surface area contributed by atoms with E-state index in [1.165, 1.54) is 19.3 Å². The van der Waals surface area contributed by atoms with Crippen molar-refractivity contribution in [1.82, 2.24) is 10.3 Å². The lowest BCUT2D eigenvalue weighted by molar-refractivity contribution is 0.0951. The molecule has 1 aliphatic heterocycles. The average Bonchev–Trinajstić information content (AvgIpc) is 2.40. The SMILES string of the molecule is CCNC(=O)c1ccc(N2CCCCC2)cn1. The molecule has 2 heterocycles. The molecule has 0 saturated carbocycles. The molecule has 0 unspecified atom stereocenters. The second-order valence-electron chi connectivity index (χ2n) is 4.31. The summed E-state index contributed by atoms with van der Waals surface area (Å²) in [5.74, 6) is -0.0994. The standard InChI is InChI=1S/C13H19N3O/c1-2-14-13(17)12-7-6-11(10-15-12)16-8-4-3-5-9-16/h6-7,10H,2-5,8-9H2,1H3,(H,14,17). The van der Waals surface area contributed by atoms with Crippen LogP contribution in [-0.2, 0) is 0 Å². The highest BCUT2D eigenvalue weighted by molar-refractivity contribution is 5.92. The molecule has 1 fully saturated rings. The van der Waals surface area contributed by atoms with Crippen molar-refractivity contribution in [3.8, 4) is 0 Å². The molecule has 0 radical (unpaired) electrons. The third-order valence-electron chi connectivity index (χ3n) is 3.04. The summed E-state index contributed by atoms with van der Waals surface area (Å²) in [6.07, 6.45) is 5.62. The molecule has 4 heteroatoms. The highest BCUT2D eigenvalue weighted by atomic mass is 16.1. The number of carbonyl (C=O) groups excluding carboxylic acids is 1. The minimum absolute atomic E-state index is 0.0994. The zero-order chi connectivity index (χ0) is 12.1. The number of anilines is 1. The third kappa shape index (κ3) is 2.96. The number of nitrogens with zero attached hydrogens (tertiary/aromatic N) is 2. The molecule has 92 valence electrons. The second kappa shape index (κ2) is 5.66. The van der Waals surface area contributed by atoms with Gasteiger partial charge in [0.05, 0.1) is 11.9 Å². The van der Waals surface area contributed by atoms with Crippen LogP contribution in [0, 0.1) is 0 Å². The number of carbonyl (C=O) groups is 1. The van der Waals surface area contributed by atoms with Gasteiger partial charge in [0.2, 0.25) is 0 Å². The molecule has 4 nitrogen and oxygen atoms in total. The van der Waals surface area contributed by atoms with Crippen LogP contribution in [0.2, 0.25) is 0 Å². The van der Waals surface area contributed by atoms with Crippen LogP contribution in [0.5, 0.6) is 0 Å². The fourth-order valence-corrected chi connectivity index (χ4v) is 2.11. The molecule has 1 aliphatic rings. The van der Waals surface area contributed by atoms with Crippen molar-refractivity contribution >= 4 is 11.6 Å². The number of piperidine rings is 1. The van der Waals surface area contributed by atoms with Crippen LogP contribution in [0.3, 0.4) is 0 Å². The van der Waals surface area contributed by atoms with Gasteiger partial charge in [-0.2, -0.15) is 0 Å². The van der Waals surface area contributed by atoms with Crippen LogP contribution in [0.1, 0.15) is 36.7 Å². The molecule has 0 bridgehead atoms. The Bertz CT molecular complexity index is 369. The number of amides is 1. The molecular formula is C13H19N3O. The van der Waals surface area contributed by atoms with Gasteiger partial charge in [0.1, 0.15) is 5.69 Å². The normalized spacial score (nSPS) is 15.7. The van der Waals surface area contributed by atoms with Crippen molar-refractivity contribution in [2.24, 2.45) is 0 Å². The van der Waals surface area contributed by atoms with E-state index in [9.17, 15) is 4.79 Å². The first-order valence-electron chi connectivity index (χ1n) is 6.30. The minimum atomic E-state index is -0.0994. The molecule has 0 aliphatic carbocycles. The fourth-order valence-electron chi connectivity index (χ4n) is 2.11. The van der Waals surface area contributed by atoms with E-state index in [0.29, 0.717) is 12.2 Å². The maximum Gasteiger partial charge on any atom is 0.269 e. The van der Waals surface area contributed by atoms with Crippen LogP contribution in [-0.4, -0.2) is 30.5 Å². The van der Waals surface area contributed by atoms with E-state index < -0.39 is 0 Å². The minimum Gasteiger partial charge on any atom is -0.370 e. The Kier molecular flexibility index (Phi) is 3.96. The zero-order valence-electron chi connectivity index (χ0n) is 10.3. The van der Waals surface area contributed by atoms with Crippen LogP contribution >= 0.6 is 0 Å². The van der Waals surface area contributed by atoms with E-state index in [1.807, 2.05) is 13.0 Å². The summed E-state index contributed by atoms with van der Waals surface area (Å²) in [5, 5.41) is 2.75. The first kappa shape index (κ1) is 11.9. The maximum atomic E-state index is 11.5. The van der Waals surface area contributed by atoms with Crippen LogP contribution in [0.4, 0.5) is 5.69 Å². The summed E-state index contributed by atoms with van der Waals surface area (Å²) >= 11 is 0. The van der Waals surface area contributed by atoms with Gasteiger partial charge in [0.25, 0.3) is 5.91 Å². The summed E-state index contributed by atoms with van der Waals surface area (Å²) in [7, 11) is 0. The number of rotatable bonds is 3. The number of nitrogens with one attached hydrogen (secondary N) is 1. The Morgan fingerprint density at radius 3 is 2.71 bits per heavy atom.